The molecule has 0 amide bonds. The largest absolute Gasteiger partial charge is 0.462 e. The van der Waals surface area contributed by atoms with E-state index in [2.05, 4.69) is 69.4 Å². The predicted octanol–water partition coefficient (Wildman–Crippen LogP) is 20.2. The van der Waals surface area contributed by atoms with Gasteiger partial charge in [-0.25, -0.2) is 0 Å². The number of esters is 3. The number of unbranched alkanes of at least 4 members (excludes halogenated alkanes) is 36. The van der Waals surface area contributed by atoms with Crippen LogP contribution < -0.4 is 0 Å². The number of rotatable bonds is 55. The van der Waals surface area contributed by atoms with Crippen LogP contribution in [-0.2, 0) is 28.6 Å². The smallest absolute Gasteiger partial charge is 0.306 e. The SMILES string of the molecule is CC/C=C\C/C=C\C/C=C\C/C=C\CCCCCCCCCCCCCCCCC(=O)OCC(COC(=O)CCCCCCCCC)OC(=O)CCCCCCCCCCCCCCCCCCC. The third kappa shape index (κ3) is 56.2. The minimum atomic E-state index is -0.766. The van der Waals surface area contributed by atoms with E-state index in [0.29, 0.717) is 19.3 Å². The topological polar surface area (TPSA) is 78.9 Å². The molecule has 0 bridgehead atoms. The maximum atomic E-state index is 12.8. The lowest BCUT2D eigenvalue weighted by Gasteiger charge is -2.18. The molecule has 0 aromatic carbocycles. The Bertz CT molecular complexity index is 1200. The lowest BCUT2D eigenvalue weighted by Crippen LogP contribution is -2.30. The van der Waals surface area contributed by atoms with Crippen LogP contribution in [0.4, 0.5) is 0 Å². The summed E-state index contributed by atoms with van der Waals surface area (Å²) in [5.41, 5.74) is 0. The van der Waals surface area contributed by atoms with Crippen LogP contribution in [0.5, 0.6) is 0 Å². The van der Waals surface area contributed by atoms with E-state index in [9.17, 15) is 14.4 Å². The second-order valence-electron chi connectivity index (χ2n) is 20.2. The van der Waals surface area contributed by atoms with Crippen molar-refractivity contribution in [2.24, 2.45) is 0 Å². The van der Waals surface area contributed by atoms with E-state index in [1.807, 2.05) is 0 Å². The molecule has 0 radical (unpaired) electrons. The van der Waals surface area contributed by atoms with Gasteiger partial charge in [0, 0.05) is 19.3 Å². The fourth-order valence-electron chi connectivity index (χ4n) is 8.85. The van der Waals surface area contributed by atoms with Gasteiger partial charge in [-0.15, -0.1) is 0 Å². The molecular weight excluding hydrogens is 853 g/mol. The van der Waals surface area contributed by atoms with Crippen molar-refractivity contribution in [1.82, 2.24) is 0 Å². The van der Waals surface area contributed by atoms with Crippen molar-refractivity contribution < 1.29 is 28.6 Å². The second-order valence-corrected chi connectivity index (χ2v) is 20.2. The van der Waals surface area contributed by atoms with Gasteiger partial charge in [-0.2, -0.15) is 0 Å². The molecule has 0 heterocycles. The Hall–Kier alpha value is -2.63. The van der Waals surface area contributed by atoms with Crippen molar-refractivity contribution >= 4 is 17.9 Å². The van der Waals surface area contributed by atoms with E-state index in [1.54, 1.807) is 0 Å². The summed E-state index contributed by atoms with van der Waals surface area (Å²) in [6.45, 7) is 6.53. The number of allylic oxidation sites excluding steroid dienone is 8. The first-order valence-corrected chi connectivity index (χ1v) is 30.1. The first-order chi connectivity index (χ1) is 34.0. The maximum absolute atomic E-state index is 12.8. The standard InChI is InChI=1S/C63H114O6/c1-4-7-10-13-16-18-20-22-24-26-27-28-29-30-31-32-33-34-35-37-38-40-42-44-47-50-53-56-62(65)68-59-60(58-67-61(64)55-52-49-46-15-12-9-6-3)69-63(66)57-54-51-48-45-43-41-39-36-25-23-21-19-17-14-11-8-5-2/h7,10,16,18,22,24,27-28,60H,4-6,8-9,11-15,17,19-21,23,25-26,29-59H2,1-3H3/b10-7-,18-16-,24-22-,28-27-. The summed E-state index contributed by atoms with van der Waals surface area (Å²) >= 11 is 0. The summed E-state index contributed by atoms with van der Waals surface area (Å²) in [4.78, 5) is 38.0. The third-order valence-corrected chi connectivity index (χ3v) is 13.3. The van der Waals surface area contributed by atoms with Gasteiger partial charge in [0.05, 0.1) is 0 Å². The number of ether oxygens (including phenoxy) is 3. The molecule has 0 aliphatic rings. The van der Waals surface area contributed by atoms with E-state index >= 15 is 0 Å². The molecule has 1 unspecified atom stereocenters. The van der Waals surface area contributed by atoms with E-state index in [1.165, 1.54) is 193 Å². The van der Waals surface area contributed by atoms with Crippen molar-refractivity contribution in [3.8, 4) is 0 Å². The fraction of sp³-hybridized carbons (Fsp3) is 0.825. The molecule has 0 aliphatic heterocycles. The lowest BCUT2D eigenvalue weighted by atomic mass is 10.0. The summed E-state index contributed by atoms with van der Waals surface area (Å²) in [7, 11) is 0. The first kappa shape index (κ1) is 66.4. The average molecular weight is 968 g/mol. The van der Waals surface area contributed by atoms with Crippen LogP contribution in [0, 0.1) is 0 Å². The quantitative estimate of drug-likeness (QED) is 0.0262. The minimum Gasteiger partial charge on any atom is -0.462 e. The highest BCUT2D eigenvalue weighted by Crippen LogP contribution is 2.17. The zero-order valence-corrected chi connectivity index (χ0v) is 46.1. The van der Waals surface area contributed by atoms with Crippen LogP contribution in [0.2, 0.25) is 0 Å². The van der Waals surface area contributed by atoms with Gasteiger partial charge in [-0.05, 0) is 57.8 Å². The zero-order chi connectivity index (χ0) is 50.0. The summed E-state index contributed by atoms with van der Waals surface area (Å²) in [6.07, 6.45) is 71.4. The van der Waals surface area contributed by atoms with Crippen LogP contribution in [0.1, 0.15) is 316 Å². The molecule has 402 valence electrons. The van der Waals surface area contributed by atoms with Crippen LogP contribution >= 0.6 is 0 Å². The van der Waals surface area contributed by atoms with Gasteiger partial charge in [0.1, 0.15) is 13.2 Å². The second kappa shape index (κ2) is 57.9. The van der Waals surface area contributed by atoms with Crippen LogP contribution in [-0.4, -0.2) is 37.2 Å². The van der Waals surface area contributed by atoms with Gasteiger partial charge < -0.3 is 14.2 Å². The molecule has 6 nitrogen and oxygen atoms in total. The Labute approximate surface area is 428 Å². The van der Waals surface area contributed by atoms with Crippen LogP contribution in [0.15, 0.2) is 48.6 Å². The van der Waals surface area contributed by atoms with Gasteiger partial charge in [0.25, 0.3) is 0 Å². The highest BCUT2D eigenvalue weighted by Gasteiger charge is 2.19. The highest BCUT2D eigenvalue weighted by molar-refractivity contribution is 5.71. The fourth-order valence-corrected chi connectivity index (χ4v) is 8.85. The molecule has 0 saturated heterocycles. The molecule has 0 aliphatic carbocycles. The predicted molar refractivity (Wildman–Crippen MR) is 298 cm³/mol. The Morgan fingerprint density at radius 2 is 0.565 bits per heavy atom. The molecule has 0 rings (SSSR count). The van der Waals surface area contributed by atoms with Gasteiger partial charge in [0.15, 0.2) is 6.10 Å². The lowest BCUT2D eigenvalue weighted by molar-refractivity contribution is -0.167. The molecule has 6 heteroatoms. The highest BCUT2D eigenvalue weighted by atomic mass is 16.6. The molecule has 0 aromatic rings. The van der Waals surface area contributed by atoms with Crippen molar-refractivity contribution in [2.75, 3.05) is 13.2 Å². The van der Waals surface area contributed by atoms with Gasteiger partial charge in [-0.1, -0.05) is 288 Å². The van der Waals surface area contributed by atoms with Crippen LogP contribution in [0.25, 0.3) is 0 Å². The minimum absolute atomic E-state index is 0.0683. The number of hydrogen-bond donors (Lipinski definition) is 0. The van der Waals surface area contributed by atoms with Crippen molar-refractivity contribution in [1.29, 1.82) is 0 Å². The summed E-state index contributed by atoms with van der Waals surface area (Å²) < 4.78 is 16.8. The monoisotopic (exact) mass is 967 g/mol. The molecule has 0 saturated carbocycles. The molecular formula is C63H114O6. The van der Waals surface area contributed by atoms with E-state index in [0.717, 1.165) is 83.5 Å². The van der Waals surface area contributed by atoms with Crippen molar-refractivity contribution in [3.05, 3.63) is 48.6 Å². The molecule has 69 heavy (non-hydrogen) atoms. The molecule has 1 atom stereocenters. The summed E-state index contributed by atoms with van der Waals surface area (Å²) in [6, 6.07) is 0. The Morgan fingerprint density at radius 1 is 0.304 bits per heavy atom. The third-order valence-electron chi connectivity index (χ3n) is 13.3. The number of hydrogen-bond acceptors (Lipinski definition) is 6. The zero-order valence-electron chi connectivity index (χ0n) is 46.1. The molecule has 0 N–H and O–H groups in total. The van der Waals surface area contributed by atoms with Crippen LogP contribution in [0.3, 0.4) is 0 Å². The Balaban J connectivity index is 4.08. The summed E-state index contributed by atoms with van der Waals surface area (Å²) in [5.74, 6) is -0.857. The average Bonchev–Trinajstić information content (AvgIpc) is 3.35. The normalized spacial score (nSPS) is 12.3. The Morgan fingerprint density at radius 3 is 0.884 bits per heavy atom. The number of carbonyl (C=O) groups is 3. The molecule has 0 aromatic heterocycles. The van der Waals surface area contributed by atoms with Crippen molar-refractivity contribution in [3.63, 3.8) is 0 Å². The number of carbonyl (C=O) groups excluding carboxylic acids is 3. The van der Waals surface area contributed by atoms with E-state index < -0.39 is 6.10 Å². The van der Waals surface area contributed by atoms with E-state index in [-0.39, 0.29) is 31.1 Å². The first-order valence-electron chi connectivity index (χ1n) is 30.1. The Kier molecular flexibility index (Phi) is 55.7. The molecule has 0 fully saturated rings. The maximum Gasteiger partial charge on any atom is 0.306 e. The van der Waals surface area contributed by atoms with Gasteiger partial charge >= 0.3 is 17.9 Å². The van der Waals surface area contributed by atoms with Crippen molar-refractivity contribution in [2.45, 2.75) is 322 Å². The van der Waals surface area contributed by atoms with Gasteiger partial charge in [0.2, 0.25) is 0 Å². The van der Waals surface area contributed by atoms with E-state index in [4.69, 9.17) is 14.2 Å². The van der Waals surface area contributed by atoms with Gasteiger partial charge in [-0.3, -0.25) is 14.4 Å². The molecule has 0 spiro atoms. The summed E-state index contributed by atoms with van der Waals surface area (Å²) in [5, 5.41) is 0.